The van der Waals surface area contributed by atoms with Gasteiger partial charge >= 0.3 is 0 Å². The highest BCUT2D eigenvalue weighted by Crippen LogP contribution is 2.25. The van der Waals surface area contributed by atoms with Crippen LogP contribution in [0, 0.1) is 10.8 Å². The minimum atomic E-state index is -0.656. The second kappa shape index (κ2) is 11.4. The van der Waals surface area contributed by atoms with E-state index in [9.17, 15) is 14.6 Å². The van der Waals surface area contributed by atoms with Crippen LogP contribution in [0.25, 0.3) is 0 Å². The number of alkyl halides is 1. The second-order valence-electron chi connectivity index (χ2n) is 8.44. The van der Waals surface area contributed by atoms with E-state index in [2.05, 4.69) is 27.7 Å². The van der Waals surface area contributed by atoms with E-state index in [1.165, 1.54) is 0 Å². The summed E-state index contributed by atoms with van der Waals surface area (Å²) in [4.78, 5) is 0. The van der Waals surface area contributed by atoms with Crippen molar-refractivity contribution < 1.29 is 14.6 Å². The van der Waals surface area contributed by atoms with Crippen LogP contribution < -0.4 is 0 Å². The largest absolute Gasteiger partial charge is 0.396 e. The average Bonchev–Trinajstić information content (AvgIpc) is 2.46. The highest BCUT2D eigenvalue weighted by atomic mass is 19.1. The molecule has 0 radical (unpaired) electrons. The number of hydrogen-bond acceptors (Lipinski definition) is 2. The Kier molecular flexibility index (Phi) is 11.3. The molecule has 0 bridgehead atoms. The van der Waals surface area contributed by atoms with E-state index in [0.717, 1.165) is 51.4 Å². The van der Waals surface area contributed by atoms with E-state index in [-0.39, 0.29) is 24.0 Å². The molecule has 22 heavy (non-hydrogen) atoms. The lowest BCUT2D eigenvalue weighted by Gasteiger charge is -2.21. The molecular weight excluding hydrogens is 279 g/mol. The van der Waals surface area contributed by atoms with Crippen LogP contribution in [-0.4, -0.2) is 29.6 Å². The van der Waals surface area contributed by atoms with E-state index in [1.807, 2.05) is 0 Å². The van der Waals surface area contributed by atoms with Crippen molar-refractivity contribution in [2.24, 2.45) is 10.8 Å². The summed E-state index contributed by atoms with van der Waals surface area (Å²) in [5.74, 6) is 0. The first kappa shape index (κ1) is 21.9. The van der Waals surface area contributed by atoms with E-state index >= 15 is 0 Å². The predicted octanol–water partition coefficient (Wildman–Crippen LogP) is 5.26. The van der Waals surface area contributed by atoms with Gasteiger partial charge in [-0.25, -0.2) is 4.39 Å². The van der Waals surface area contributed by atoms with Crippen molar-refractivity contribution >= 4 is 0 Å². The van der Waals surface area contributed by atoms with Gasteiger partial charge in [-0.05, 0) is 36.5 Å². The standard InChI is InChI=1S/C19H39FO2/c1-18(2,15-21)13-9-5-7-11-17(20)12-8-6-10-14-19(3,4)16-22/h17,21-22H,5-16H2,1-4H3. The number of rotatable bonds is 14. The van der Waals surface area contributed by atoms with E-state index in [1.54, 1.807) is 0 Å². The molecule has 0 atom stereocenters. The monoisotopic (exact) mass is 318 g/mol. The summed E-state index contributed by atoms with van der Waals surface area (Å²) in [7, 11) is 0. The van der Waals surface area contributed by atoms with Crippen LogP contribution in [0.5, 0.6) is 0 Å². The summed E-state index contributed by atoms with van der Waals surface area (Å²) >= 11 is 0. The summed E-state index contributed by atoms with van der Waals surface area (Å²) < 4.78 is 13.8. The lowest BCUT2D eigenvalue weighted by atomic mass is 9.87. The molecule has 2 nitrogen and oxygen atoms in total. The molecule has 0 fully saturated rings. The average molecular weight is 319 g/mol. The van der Waals surface area contributed by atoms with Crippen LogP contribution in [0.2, 0.25) is 0 Å². The van der Waals surface area contributed by atoms with Crippen molar-refractivity contribution in [3.63, 3.8) is 0 Å². The molecule has 134 valence electrons. The topological polar surface area (TPSA) is 40.5 Å². The molecule has 0 spiro atoms. The van der Waals surface area contributed by atoms with E-state index in [0.29, 0.717) is 12.8 Å². The smallest absolute Gasteiger partial charge is 0.100 e. The van der Waals surface area contributed by atoms with Crippen LogP contribution in [0.15, 0.2) is 0 Å². The molecule has 0 aliphatic carbocycles. The molecule has 3 heteroatoms. The number of hydrogen-bond donors (Lipinski definition) is 2. The number of unbranched alkanes of at least 4 members (excludes halogenated alkanes) is 4. The van der Waals surface area contributed by atoms with Gasteiger partial charge in [0.05, 0.1) is 0 Å². The number of aliphatic hydroxyl groups is 2. The molecule has 0 heterocycles. The third kappa shape index (κ3) is 12.4. The van der Waals surface area contributed by atoms with Gasteiger partial charge in [-0.15, -0.1) is 0 Å². The van der Waals surface area contributed by atoms with E-state index in [4.69, 9.17) is 0 Å². The van der Waals surface area contributed by atoms with Crippen molar-refractivity contribution in [2.75, 3.05) is 13.2 Å². The van der Waals surface area contributed by atoms with Gasteiger partial charge in [-0.3, -0.25) is 0 Å². The molecule has 0 saturated carbocycles. The van der Waals surface area contributed by atoms with Gasteiger partial charge in [0.1, 0.15) is 6.17 Å². The van der Waals surface area contributed by atoms with Crippen LogP contribution in [0.4, 0.5) is 4.39 Å². The van der Waals surface area contributed by atoms with Crippen molar-refractivity contribution in [1.82, 2.24) is 0 Å². The predicted molar refractivity (Wildman–Crippen MR) is 92.8 cm³/mol. The molecule has 0 amide bonds. The molecule has 0 aromatic heterocycles. The first-order valence-electron chi connectivity index (χ1n) is 9.08. The Hall–Kier alpha value is -0.150. The van der Waals surface area contributed by atoms with Crippen molar-refractivity contribution in [1.29, 1.82) is 0 Å². The minimum absolute atomic E-state index is 0.0114. The molecular formula is C19H39FO2. The minimum Gasteiger partial charge on any atom is -0.396 e. The Morgan fingerprint density at radius 3 is 1.36 bits per heavy atom. The van der Waals surface area contributed by atoms with Gasteiger partial charge in [0.25, 0.3) is 0 Å². The van der Waals surface area contributed by atoms with Crippen LogP contribution in [-0.2, 0) is 0 Å². The fourth-order valence-corrected chi connectivity index (χ4v) is 2.59. The Morgan fingerprint density at radius 1 is 0.682 bits per heavy atom. The Balaban J connectivity index is 3.46. The molecule has 0 rings (SSSR count). The first-order valence-corrected chi connectivity index (χ1v) is 9.08. The Labute approximate surface area is 137 Å². The fourth-order valence-electron chi connectivity index (χ4n) is 2.59. The zero-order chi connectivity index (χ0) is 17.1. The lowest BCUT2D eigenvalue weighted by molar-refractivity contribution is 0.146. The molecule has 0 aliphatic heterocycles. The fraction of sp³-hybridized carbons (Fsp3) is 1.00. The normalized spacial score (nSPS) is 13.1. The van der Waals surface area contributed by atoms with Gasteiger partial charge in [-0.2, -0.15) is 0 Å². The van der Waals surface area contributed by atoms with Crippen molar-refractivity contribution in [2.45, 2.75) is 98.1 Å². The summed E-state index contributed by atoms with van der Waals surface area (Å²) in [6.45, 7) is 8.75. The van der Waals surface area contributed by atoms with Crippen molar-refractivity contribution in [3.05, 3.63) is 0 Å². The molecule has 0 aromatic rings. The maximum Gasteiger partial charge on any atom is 0.100 e. The number of halogens is 1. The van der Waals surface area contributed by atoms with Gasteiger partial charge in [0, 0.05) is 13.2 Å². The molecule has 0 aromatic carbocycles. The quantitative estimate of drug-likeness (QED) is 0.429. The first-order chi connectivity index (χ1) is 10.2. The molecule has 0 aliphatic rings. The third-order valence-corrected chi connectivity index (χ3v) is 4.60. The third-order valence-electron chi connectivity index (χ3n) is 4.60. The highest BCUT2D eigenvalue weighted by Gasteiger charge is 2.16. The summed E-state index contributed by atoms with van der Waals surface area (Å²) in [6, 6.07) is 0. The Morgan fingerprint density at radius 2 is 1.05 bits per heavy atom. The molecule has 0 unspecified atom stereocenters. The summed E-state index contributed by atoms with van der Waals surface area (Å²) in [6.07, 6.45) is 8.94. The number of aliphatic hydroxyl groups excluding tert-OH is 2. The van der Waals surface area contributed by atoms with Gasteiger partial charge < -0.3 is 10.2 Å². The maximum atomic E-state index is 13.8. The summed E-state index contributed by atoms with van der Waals surface area (Å²) in [5.41, 5.74) is 0.0227. The SMILES string of the molecule is CC(C)(CO)CCCCCC(F)CCCCCC(C)(C)CO. The zero-order valence-corrected chi connectivity index (χ0v) is 15.3. The maximum absolute atomic E-state index is 13.8. The van der Waals surface area contributed by atoms with Crippen LogP contribution >= 0.6 is 0 Å². The van der Waals surface area contributed by atoms with Gasteiger partial charge in [0.15, 0.2) is 0 Å². The van der Waals surface area contributed by atoms with Crippen molar-refractivity contribution in [3.8, 4) is 0 Å². The molecule has 0 saturated heterocycles. The van der Waals surface area contributed by atoms with Crippen LogP contribution in [0.3, 0.4) is 0 Å². The van der Waals surface area contributed by atoms with Gasteiger partial charge in [0.2, 0.25) is 0 Å². The summed E-state index contributed by atoms with van der Waals surface area (Å²) in [5, 5.41) is 18.3. The highest BCUT2D eigenvalue weighted by molar-refractivity contribution is 4.68. The Bertz CT molecular complexity index is 238. The molecule has 2 N–H and O–H groups in total. The zero-order valence-electron chi connectivity index (χ0n) is 15.3. The lowest BCUT2D eigenvalue weighted by Crippen LogP contribution is -2.16. The second-order valence-corrected chi connectivity index (χ2v) is 8.44. The van der Waals surface area contributed by atoms with E-state index < -0.39 is 6.17 Å². The van der Waals surface area contributed by atoms with Crippen LogP contribution in [0.1, 0.15) is 91.9 Å². The van der Waals surface area contributed by atoms with Gasteiger partial charge in [-0.1, -0.05) is 66.2 Å².